The number of halogens is 2. The molecule has 2 rings (SSSR count). The molecule has 0 fully saturated rings. The first-order valence-electron chi connectivity index (χ1n) is 11.5. The number of benzene rings is 1. The number of carboxylic acid groups (broad SMARTS) is 1. The zero-order chi connectivity index (χ0) is 25.1. The van der Waals surface area contributed by atoms with E-state index in [1.165, 1.54) is 23.3 Å². The number of carboxylic acids is 1. The second-order valence-electron chi connectivity index (χ2n) is 9.78. The van der Waals surface area contributed by atoms with Crippen LogP contribution in [0.15, 0.2) is 46.2 Å². The molecule has 33 heavy (non-hydrogen) atoms. The molecule has 1 aliphatic carbocycles. The molecule has 180 valence electrons. The molecule has 0 bridgehead atoms. The summed E-state index contributed by atoms with van der Waals surface area (Å²) in [5.74, 6) is -0.894. The van der Waals surface area contributed by atoms with E-state index in [0.29, 0.717) is 35.0 Å². The fourth-order valence-corrected chi connectivity index (χ4v) is 5.45. The SMILES string of the molecule is CCOc1c(\C(=C(F)/C=C/C(C)=C/C(=O)[O-])C(C)C)cc2c(c1Br)C(C)(C)CC=C2C(C)C. The molecular weight excluding hydrogens is 483 g/mol. The fraction of sp³-hybridized carbons (Fsp3) is 0.464. The van der Waals surface area contributed by atoms with Gasteiger partial charge in [0, 0.05) is 11.1 Å². The molecule has 0 N–H and O–H groups in total. The third kappa shape index (κ3) is 6.06. The molecule has 0 unspecified atom stereocenters. The van der Waals surface area contributed by atoms with Crippen molar-refractivity contribution in [3.8, 4) is 5.75 Å². The van der Waals surface area contributed by atoms with E-state index < -0.39 is 11.8 Å². The Labute approximate surface area is 206 Å². The van der Waals surface area contributed by atoms with Gasteiger partial charge in [-0.2, -0.15) is 0 Å². The summed E-state index contributed by atoms with van der Waals surface area (Å²) in [5, 5.41) is 10.8. The minimum atomic E-state index is -1.31. The number of ether oxygens (including phenoxy) is 1. The summed E-state index contributed by atoms with van der Waals surface area (Å²) in [4.78, 5) is 10.8. The van der Waals surface area contributed by atoms with Crippen LogP contribution in [0.3, 0.4) is 0 Å². The number of allylic oxidation sites excluding steroid dienone is 7. The summed E-state index contributed by atoms with van der Waals surface area (Å²) in [7, 11) is 0. The van der Waals surface area contributed by atoms with Crippen molar-refractivity contribution in [3.63, 3.8) is 0 Å². The maximum absolute atomic E-state index is 15.6. The predicted molar refractivity (Wildman–Crippen MR) is 137 cm³/mol. The van der Waals surface area contributed by atoms with E-state index in [1.54, 1.807) is 6.92 Å². The summed E-state index contributed by atoms with van der Waals surface area (Å²) >= 11 is 3.83. The monoisotopic (exact) mass is 517 g/mol. The molecule has 0 aromatic heterocycles. The van der Waals surface area contributed by atoms with Crippen molar-refractivity contribution < 1.29 is 19.0 Å². The third-order valence-electron chi connectivity index (χ3n) is 5.92. The number of aliphatic carboxylic acids is 1. The molecule has 5 heteroatoms. The largest absolute Gasteiger partial charge is 0.545 e. The quantitative estimate of drug-likeness (QED) is 0.271. The lowest BCUT2D eigenvalue weighted by molar-refractivity contribution is -0.297. The van der Waals surface area contributed by atoms with Crippen LogP contribution in [-0.4, -0.2) is 12.6 Å². The molecule has 0 spiro atoms. The molecule has 0 aliphatic heterocycles. The van der Waals surface area contributed by atoms with E-state index in [2.05, 4.69) is 55.8 Å². The summed E-state index contributed by atoms with van der Waals surface area (Å²) in [6.45, 7) is 16.6. The smallest absolute Gasteiger partial charge is 0.141 e. The Bertz CT molecular complexity index is 1040. The lowest BCUT2D eigenvalue weighted by Crippen LogP contribution is -2.24. The lowest BCUT2D eigenvalue weighted by atomic mass is 9.70. The highest BCUT2D eigenvalue weighted by Gasteiger charge is 2.34. The summed E-state index contributed by atoms with van der Waals surface area (Å²) in [5.41, 5.74) is 5.10. The molecule has 3 nitrogen and oxygen atoms in total. The van der Waals surface area contributed by atoms with Crippen molar-refractivity contribution in [2.75, 3.05) is 6.61 Å². The molecule has 0 radical (unpaired) electrons. The van der Waals surface area contributed by atoms with Gasteiger partial charge in [-0.3, -0.25) is 0 Å². The van der Waals surface area contributed by atoms with Crippen LogP contribution in [0.1, 0.15) is 78.5 Å². The van der Waals surface area contributed by atoms with Crippen molar-refractivity contribution in [1.29, 1.82) is 0 Å². The van der Waals surface area contributed by atoms with Gasteiger partial charge in [0.15, 0.2) is 0 Å². The highest BCUT2D eigenvalue weighted by Crippen LogP contribution is 2.51. The van der Waals surface area contributed by atoms with E-state index in [4.69, 9.17) is 4.74 Å². The molecule has 0 heterocycles. The highest BCUT2D eigenvalue weighted by molar-refractivity contribution is 9.10. The van der Waals surface area contributed by atoms with Crippen LogP contribution in [0, 0.1) is 11.8 Å². The normalized spacial score (nSPS) is 16.7. The topological polar surface area (TPSA) is 49.4 Å². The number of hydrogen-bond donors (Lipinski definition) is 0. The first-order valence-corrected chi connectivity index (χ1v) is 12.3. The molecular formula is C28H35BrFO3-. The Kier molecular flexibility index (Phi) is 8.92. The number of rotatable bonds is 8. The Morgan fingerprint density at radius 2 is 1.91 bits per heavy atom. The maximum atomic E-state index is 15.6. The van der Waals surface area contributed by atoms with Crippen LogP contribution < -0.4 is 9.84 Å². The van der Waals surface area contributed by atoms with Gasteiger partial charge in [0.2, 0.25) is 0 Å². The van der Waals surface area contributed by atoms with Crippen molar-refractivity contribution >= 4 is 33.0 Å². The maximum Gasteiger partial charge on any atom is 0.141 e. The molecule has 1 aliphatic rings. The Morgan fingerprint density at radius 1 is 1.27 bits per heavy atom. The number of carbonyl (C=O) groups is 1. The first kappa shape index (κ1) is 27.1. The van der Waals surface area contributed by atoms with E-state index in [-0.39, 0.29) is 11.3 Å². The average molecular weight is 518 g/mol. The van der Waals surface area contributed by atoms with Crippen LogP contribution in [0.4, 0.5) is 4.39 Å². The van der Waals surface area contributed by atoms with Crippen LogP contribution in [-0.2, 0) is 10.2 Å². The second-order valence-corrected chi connectivity index (χ2v) is 10.6. The first-order chi connectivity index (χ1) is 15.3. The number of carbonyl (C=O) groups excluding carboxylic acids is 1. The minimum Gasteiger partial charge on any atom is -0.545 e. The van der Waals surface area contributed by atoms with Gasteiger partial charge in [0.25, 0.3) is 0 Å². The highest BCUT2D eigenvalue weighted by atomic mass is 79.9. The third-order valence-corrected chi connectivity index (χ3v) is 6.67. The predicted octanol–water partition coefficient (Wildman–Crippen LogP) is 7.16. The molecule has 1 aromatic rings. The standard InChI is InChI=1S/C28H36BrFO3/c1-9-33-27-21(24(17(4)5)22(30)11-10-18(6)14-23(31)32)15-20-19(16(2)3)12-13-28(7,8)25(20)26(27)29/h10-12,14-17H,9,13H2,1-8H3,(H,31,32)/p-1/b11-10+,18-14+,24-22+. The number of hydrogen-bond acceptors (Lipinski definition) is 3. The number of fused-ring (bicyclic) bond motifs is 1. The molecule has 0 saturated heterocycles. The second kappa shape index (κ2) is 10.9. The van der Waals surface area contributed by atoms with Gasteiger partial charge in [0.1, 0.15) is 11.6 Å². The van der Waals surface area contributed by atoms with Crippen LogP contribution in [0.2, 0.25) is 0 Å². The van der Waals surface area contributed by atoms with Crippen LogP contribution in [0.25, 0.3) is 11.1 Å². The summed E-state index contributed by atoms with van der Waals surface area (Å²) in [6.07, 6.45) is 6.93. The summed E-state index contributed by atoms with van der Waals surface area (Å²) in [6, 6.07) is 2.07. The Balaban J connectivity index is 2.87. The van der Waals surface area contributed by atoms with Gasteiger partial charge in [-0.25, -0.2) is 4.39 Å². The average Bonchev–Trinajstić information content (AvgIpc) is 2.67. The molecule has 0 amide bonds. The van der Waals surface area contributed by atoms with Gasteiger partial charge < -0.3 is 14.6 Å². The van der Waals surface area contributed by atoms with E-state index in [1.807, 2.05) is 20.8 Å². The Morgan fingerprint density at radius 3 is 2.42 bits per heavy atom. The molecule has 1 aromatic carbocycles. The Hall–Kier alpha value is -2.14. The van der Waals surface area contributed by atoms with Crippen molar-refractivity contribution in [3.05, 3.63) is 62.9 Å². The van der Waals surface area contributed by atoms with Gasteiger partial charge in [-0.15, -0.1) is 0 Å². The van der Waals surface area contributed by atoms with E-state index in [0.717, 1.165) is 22.5 Å². The van der Waals surface area contributed by atoms with Crippen molar-refractivity contribution in [2.45, 2.75) is 67.2 Å². The van der Waals surface area contributed by atoms with Gasteiger partial charge in [0.05, 0.1) is 17.0 Å². The zero-order valence-corrected chi connectivity index (χ0v) is 22.5. The molecule has 0 saturated carbocycles. The summed E-state index contributed by atoms with van der Waals surface area (Å²) < 4.78 is 22.6. The van der Waals surface area contributed by atoms with Gasteiger partial charge in [-0.05, 0) is 93.9 Å². The van der Waals surface area contributed by atoms with Crippen LogP contribution in [0.5, 0.6) is 5.75 Å². The fourth-order valence-electron chi connectivity index (χ4n) is 4.37. The van der Waals surface area contributed by atoms with Gasteiger partial charge >= 0.3 is 0 Å². The van der Waals surface area contributed by atoms with Crippen molar-refractivity contribution in [1.82, 2.24) is 0 Å². The van der Waals surface area contributed by atoms with Crippen LogP contribution >= 0.6 is 15.9 Å². The molecule has 0 atom stereocenters. The lowest BCUT2D eigenvalue weighted by Gasteiger charge is -2.36. The van der Waals surface area contributed by atoms with E-state index in [9.17, 15) is 9.90 Å². The van der Waals surface area contributed by atoms with E-state index >= 15 is 4.39 Å². The minimum absolute atomic E-state index is 0.0934. The van der Waals surface area contributed by atoms with Gasteiger partial charge in [-0.1, -0.05) is 53.7 Å². The van der Waals surface area contributed by atoms with Crippen molar-refractivity contribution in [2.24, 2.45) is 11.8 Å². The zero-order valence-electron chi connectivity index (χ0n) is 20.9.